The van der Waals surface area contributed by atoms with Gasteiger partial charge in [0.15, 0.2) is 0 Å². The highest BCUT2D eigenvalue weighted by atomic mass is 16.1. The Morgan fingerprint density at radius 2 is 1.90 bits per heavy atom. The number of nitrogens with one attached hydrogen (secondary N) is 1. The topological polar surface area (TPSA) is 59.8 Å². The molecule has 4 rings (SSSR count). The van der Waals surface area contributed by atoms with Crippen LogP contribution in [0, 0.1) is 0 Å². The second-order valence-electron chi connectivity index (χ2n) is 4.91. The van der Waals surface area contributed by atoms with Gasteiger partial charge in [-0.05, 0) is 23.8 Å². The maximum atomic E-state index is 12.3. The minimum atomic E-state index is -0.0613. The van der Waals surface area contributed by atoms with E-state index in [0.29, 0.717) is 18.2 Å². The fourth-order valence-corrected chi connectivity index (χ4v) is 2.50. The van der Waals surface area contributed by atoms with Gasteiger partial charge in [0, 0.05) is 29.7 Å². The Morgan fingerprint density at radius 1 is 1.10 bits per heavy atom. The SMILES string of the molecule is O=c1cc(-c2ccncc2)nc2n1Cc1ccccc1N2. The fourth-order valence-electron chi connectivity index (χ4n) is 2.50. The van der Waals surface area contributed by atoms with Crippen molar-refractivity contribution in [1.82, 2.24) is 14.5 Å². The van der Waals surface area contributed by atoms with Gasteiger partial charge >= 0.3 is 0 Å². The quantitative estimate of drug-likeness (QED) is 0.580. The van der Waals surface area contributed by atoms with Gasteiger partial charge in [0.1, 0.15) is 0 Å². The third-order valence-electron chi connectivity index (χ3n) is 3.58. The van der Waals surface area contributed by atoms with Crippen molar-refractivity contribution in [3.05, 3.63) is 70.8 Å². The van der Waals surface area contributed by atoms with Crippen LogP contribution in [0.5, 0.6) is 0 Å². The number of hydrogen-bond acceptors (Lipinski definition) is 4. The van der Waals surface area contributed by atoms with Crippen LogP contribution in [0.25, 0.3) is 11.3 Å². The van der Waals surface area contributed by atoms with Crippen LogP contribution in [-0.4, -0.2) is 14.5 Å². The van der Waals surface area contributed by atoms with Crippen LogP contribution in [0.4, 0.5) is 11.6 Å². The van der Waals surface area contributed by atoms with Crippen molar-refractivity contribution in [2.45, 2.75) is 6.54 Å². The van der Waals surface area contributed by atoms with Crippen LogP contribution in [-0.2, 0) is 6.54 Å². The largest absolute Gasteiger partial charge is 0.325 e. The Morgan fingerprint density at radius 3 is 2.76 bits per heavy atom. The van der Waals surface area contributed by atoms with E-state index in [-0.39, 0.29) is 5.56 Å². The van der Waals surface area contributed by atoms with Gasteiger partial charge in [-0.15, -0.1) is 0 Å². The first-order chi connectivity index (χ1) is 10.3. The Labute approximate surface area is 120 Å². The van der Waals surface area contributed by atoms with Gasteiger partial charge < -0.3 is 5.32 Å². The number of nitrogens with zero attached hydrogens (tertiary/aromatic N) is 3. The molecule has 0 unspecified atom stereocenters. The van der Waals surface area contributed by atoms with E-state index in [1.54, 1.807) is 23.0 Å². The van der Waals surface area contributed by atoms with Gasteiger partial charge in [0.25, 0.3) is 5.56 Å². The summed E-state index contributed by atoms with van der Waals surface area (Å²) in [5.74, 6) is 0.577. The molecule has 0 saturated carbocycles. The molecule has 1 N–H and O–H groups in total. The summed E-state index contributed by atoms with van der Waals surface area (Å²) in [7, 11) is 0. The van der Waals surface area contributed by atoms with Crippen molar-refractivity contribution in [2.75, 3.05) is 5.32 Å². The second-order valence-corrected chi connectivity index (χ2v) is 4.91. The van der Waals surface area contributed by atoms with Gasteiger partial charge in [0.2, 0.25) is 5.95 Å². The molecule has 1 aliphatic heterocycles. The monoisotopic (exact) mass is 276 g/mol. The molecule has 0 spiro atoms. The van der Waals surface area contributed by atoms with Crippen molar-refractivity contribution >= 4 is 11.6 Å². The van der Waals surface area contributed by atoms with E-state index in [2.05, 4.69) is 15.3 Å². The molecule has 0 radical (unpaired) electrons. The van der Waals surface area contributed by atoms with Crippen molar-refractivity contribution in [1.29, 1.82) is 0 Å². The summed E-state index contributed by atoms with van der Waals surface area (Å²) in [4.78, 5) is 20.9. The highest BCUT2D eigenvalue weighted by Crippen LogP contribution is 2.26. The van der Waals surface area contributed by atoms with Crippen LogP contribution in [0.3, 0.4) is 0 Å². The lowest BCUT2D eigenvalue weighted by molar-refractivity contribution is 0.736. The lowest BCUT2D eigenvalue weighted by Gasteiger charge is -2.22. The zero-order chi connectivity index (χ0) is 14.2. The average Bonchev–Trinajstić information content (AvgIpc) is 2.54. The molecule has 0 amide bonds. The van der Waals surface area contributed by atoms with Crippen molar-refractivity contribution in [3.8, 4) is 11.3 Å². The molecule has 0 aliphatic carbocycles. The molecule has 0 atom stereocenters. The molecule has 3 aromatic rings. The molecule has 3 heterocycles. The number of anilines is 2. The summed E-state index contributed by atoms with van der Waals surface area (Å²) in [5.41, 5.74) is 3.56. The van der Waals surface area contributed by atoms with Crippen LogP contribution >= 0.6 is 0 Å². The summed E-state index contributed by atoms with van der Waals surface area (Å²) in [6.07, 6.45) is 3.38. The Kier molecular flexibility index (Phi) is 2.57. The van der Waals surface area contributed by atoms with Gasteiger partial charge in [-0.3, -0.25) is 14.3 Å². The zero-order valence-electron chi connectivity index (χ0n) is 11.2. The minimum Gasteiger partial charge on any atom is -0.325 e. The van der Waals surface area contributed by atoms with Crippen molar-refractivity contribution in [2.24, 2.45) is 0 Å². The number of pyridine rings is 1. The van der Waals surface area contributed by atoms with E-state index < -0.39 is 0 Å². The van der Waals surface area contributed by atoms with E-state index >= 15 is 0 Å². The standard InChI is InChI=1S/C16H12N4O/c21-15-9-14(11-5-7-17-8-6-11)19-16-18-13-4-2-1-3-12(13)10-20(15)16/h1-9H,10H2,(H,18,19). The first-order valence-corrected chi connectivity index (χ1v) is 6.68. The minimum absolute atomic E-state index is 0.0613. The van der Waals surface area contributed by atoms with E-state index in [9.17, 15) is 4.79 Å². The smallest absolute Gasteiger partial charge is 0.255 e. The molecule has 21 heavy (non-hydrogen) atoms. The zero-order valence-corrected chi connectivity index (χ0v) is 11.2. The van der Waals surface area contributed by atoms with Crippen LogP contribution in [0.2, 0.25) is 0 Å². The van der Waals surface area contributed by atoms with Gasteiger partial charge in [0.05, 0.1) is 12.2 Å². The molecule has 102 valence electrons. The number of aromatic nitrogens is 3. The lowest BCUT2D eigenvalue weighted by atomic mass is 10.1. The molecular weight excluding hydrogens is 264 g/mol. The number of para-hydroxylation sites is 1. The summed E-state index contributed by atoms with van der Waals surface area (Å²) in [5, 5.41) is 3.23. The maximum Gasteiger partial charge on any atom is 0.255 e. The van der Waals surface area contributed by atoms with Gasteiger partial charge in [-0.2, -0.15) is 0 Å². The van der Waals surface area contributed by atoms with Crippen LogP contribution in [0.15, 0.2) is 59.7 Å². The Hall–Kier alpha value is -2.95. The molecule has 0 saturated heterocycles. The molecule has 5 nitrogen and oxygen atoms in total. The van der Waals surface area contributed by atoms with E-state index in [1.165, 1.54) is 0 Å². The molecule has 1 aliphatic rings. The first-order valence-electron chi connectivity index (χ1n) is 6.68. The summed E-state index contributed by atoms with van der Waals surface area (Å²) in [6, 6.07) is 13.2. The predicted octanol–water partition coefficient (Wildman–Crippen LogP) is 2.41. The average molecular weight is 276 g/mol. The third kappa shape index (κ3) is 1.99. The summed E-state index contributed by atoms with van der Waals surface area (Å²) in [6.45, 7) is 0.543. The van der Waals surface area contributed by atoms with Gasteiger partial charge in [-0.1, -0.05) is 18.2 Å². The highest BCUT2D eigenvalue weighted by molar-refractivity contribution is 5.65. The molecular formula is C16H12N4O. The highest BCUT2D eigenvalue weighted by Gasteiger charge is 2.17. The van der Waals surface area contributed by atoms with Gasteiger partial charge in [-0.25, -0.2) is 4.98 Å². The Balaban J connectivity index is 1.85. The molecule has 2 aromatic heterocycles. The van der Waals surface area contributed by atoms with Crippen LogP contribution < -0.4 is 10.9 Å². The fraction of sp³-hybridized carbons (Fsp3) is 0.0625. The molecule has 1 aromatic carbocycles. The first kappa shape index (κ1) is 11.8. The number of fused-ring (bicyclic) bond motifs is 2. The second kappa shape index (κ2) is 4.56. The number of rotatable bonds is 1. The lowest BCUT2D eigenvalue weighted by Crippen LogP contribution is -2.27. The van der Waals surface area contributed by atoms with Crippen LogP contribution in [0.1, 0.15) is 5.56 Å². The van der Waals surface area contributed by atoms with E-state index in [0.717, 1.165) is 16.8 Å². The molecule has 0 bridgehead atoms. The van der Waals surface area contributed by atoms with Crippen molar-refractivity contribution in [3.63, 3.8) is 0 Å². The summed E-state index contributed by atoms with van der Waals surface area (Å²) < 4.78 is 1.65. The van der Waals surface area contributed by atoms with E-state index in [1.807, 2.05) is 36.4 Å². The third-order valence-corrected chi connectivity index (χ3v) is 3.58. The molecule has 0 fully saturated rings. The molecule has 5 heteroatoms. The Bertz CT molecular complexity index is 871. The van der Waals surface area contributed by atoms with Crippen molar-refractivity contribution < 1.29 is 0 Å². The number of hydrogen-bond donors (Lipinski definition) is 1. The summed E-state index contributed by atoms with van der Waals surface area (Å²) >= 11 is 0. The maximum absolute atomic E-state index is 12.3. The van der Waals surface area contributed by atoms with E-state index in [4.69, 9.17) is 0 Å². The predicted molar refractivity (Wildman–Crippen MR) is 80.6 cm³/mol. The number of benzene rings is 1. The normalized spacial score (nSPS) is 12.2.